The maximum Gasteiger partial charge on any atom is 0.122 e. The third-order valence-electron chi connectivity index (χ3n) is 4.67. The molecule has 0 aliphatic heterocycles. The van der Waals surface area contributed by atoms with Gasteiger partial charge in [-0.05, 0) is 38.1 Å². The number of aryl methyl sites for hydroxylation is 2. The number of fused-ring (bicyclic) bond motifs is 1. The first-order chi connectivity index (χ1) is 10.2. The number of nitrogens with zero attached hydrogens (tertiary/aromatic N) is 3. The van der Waals surface area contributed by atoms with E-state index in [-0.39, 0.29) is 0 Å². The van der Waals surface area contributed by atoms with E-state index < -0.39 is 0 Å². The molecule has 0 amide bonds. The number of aromatic nitrogens is 2. The molecule has 1 aromatic carbocycles. The molecular formula is C17H24N4. The predicted octanol–water partition coefficient (Wildman–Crippen LogP) is 2.13. The van der Waals surface area contributed by atoms with E-state index >= 15 is 0 Å². The second-order valence-corrected chi connectivity index (χ2v) is 5.94. The summed E-state index contributed by atoms with van der Waals surface area (Å²) in [4.78, 5) is 6.88. The lowest BCUT2D eigenvalue weighted by atomic mass is 9.83. The Balaban J connectivity index is 1.80. The summed E-state index contributed by atoms with van der Waals surface area (Å²) in [5.74, 6) is 1.12. The zero-order chi connectivity index (χ0) is 14.8. The molecule has 0 radical (unpaired) electrons. The highest BCUT2D eigenvalue weighted by molar-refractivity contribution is 5.33. The lowest BCUT2D eigenvalue weighted by Crippen LogP contribution is -2.44. The molecular weight excluding hydrogens is 260 g/mol. The van der Waals surface area contributed by atoms with E-state index in [2.05, 4.69) is 65.2 Å². The van der Waals surface area contributed by atoms with Crippen LogP contribution >= 0.6 is 0 Å². The Labute approximate surface area is 126 Å². The largest absolute Gasteiger partial charge is 0.337 e. The summed E-state index contributed by atoms with van der Waals surface area (Å²) >= 11 is 0. The number of hydrogen-bond acceptors (Lipinski definition) is 3. The fourth-order valence-electron chi connectivity index (χ4n) is 3.45. The van der Waals surface area contributed by atoms with Crippen LogP contribution in [0.25, 0.3) is 0 Å². The Morgan fingerprint density at radius 1 is 1.38 bits per heavy atom. The van der Waals surface area contributed by atoms with Gasteiger partial charge in [-0.3, -0.25) is 4.90 Å². The van der Waals surface area contributed by atoms with Gasteiger partial charge in [0.25, 0.3) is 0 Å². The van der Waals surface area contributed by atoms with Crippen LogP contribution in [0.5, 0.6) is 0 Å². The van der Waals surface area contributed by atoms with E-state index in [1.54, 1.807) is 0 Å². The third-order valence-corrected chi connectivity index (χ3v) is 4.67. The number of likely N-dealkylation sites (N-methyl/N-ethyl adjacent to an activating group) is 2. The molecule has 4 heteroatoms. The minimum atomic E-state index is 0.389. The first-order valence-corrected chi connectivity index (χ1v) is 7.62. The fourth-order valence-corrected chi connectivity index (χ4v) is 3.45. The molecule has 2 aromatic rings. The van der Waals surface area contributed by atoms with Gasteiger partial charge < -0.3 is 9.88 Å². The Morgan fingerprint density at radius 3 is 2.90 bits per heavy atom. The molecule has 1 heterocycles. The molecule has 1 aliphatic rings. The van der Waals surface area contributed by atoms with Gasteiger partial charge in [0.05, 0.1) is 6.54 Å². The van der Waals surface area contributed by atoms with Gasteiger partial charge >= 0.3 is 0 Å². The summed E-state index contributed by atoms with van der Waals surface area (Å²) < 4.78 is 2.10. The highest BCUT2D eigenvalue weighted by Gasteiger charge is 2.31. The van der Waals surface area contributed by atoms with Crippen molar-refractivity contribution in [3.8, 4) is 0 Å². The van der Waals surface area contributed by atoms with Gasteiger partial charge in [0.15, 0.2) is 0 Å². The van der Waals surface area contributed by atoms with Gasteiger partial charge in [0.2, 0.25) is 0 Å². The lowest BCUT2D eigenvalue weighted by molar-refractivity contribution is 0.165. The average Bonchev–Trinajstić information content (AvgIpc) is 2.91. The topological polar surface area (TPSA) is 33.1 Å². The van der Waals surface area contributed by atoms with Crippen LogP contribution in [0.1, 0.15) is 29.4 Å². The number of hydrogen-bond donors (Lipinski definition) is 1. The van der Waals surface area contributed by atoms with Crippen LogP contribution in [0.3, 0.4) is 0 Å². The van der Waals surface area contributed by atoms with Crippen molar-refractivity contribution in [1.29, 1.82) is 0 Å². The number of rotatable bonds is 4. The van der Waals surface area contributed by atoms with E-state index in [1.807, 2.05) is 12.4 Å². The van der Waals surface area contributed by atoms with Gasteiger partial charge in [0.1, 0.15) is 5.82 Å². The van der Waals surface area contributed by atoms with E-state index in [0.29, 0.717) is 12.1 Å². The molecule has 2 unspecified atom stereocenters. The molecule has 1 aliphatic carbocycles. The monoisotopic (exact) mass is 284 g/mol. The first-order valence-electron chi connectivity index (χ1n) is 7.62. The van der Waals surface area contributed by atoms with Crippen molar-refractivity contribution in [2.75, 3.05) is 14.1 Å². The lowest BCUT2D eigenvalue weighted by Gasteiger charge is -2.39. The molecule has 21 heavy (non-hydrogen) atoms. The zero-order valence-corrected chi connectivity index (χ0v) is 13.1. The van der Waals surface area contributed by atoms with Crippen LogP contribution in [0, 0.1) is 0 Å². The number of nitrogens with one attached hydrogen (secondary N) is 1. The van der Waals surface area contributed by atoms with Crippen molar-refractivity contribution < 1.29 is 0 Å². The number of benzene rings is 1. The summed E-state index contributed by atoms with van der Waals surface area (Å²) in [5.41, 5.74) is 2.93. The first kappa shape index (κ1) is 14.3. The normalized spacial score (nSPS) is 21.5. The molecule has 112 valence electrons. The van der Waals surface area contributed by atoms with Crippen LogP contribution < -0.4 is 5.32 Å². The highest BCUT2D eigenvalue weighted by atomic mass is 15.2. The highest BCUT2D eigenvalue weighted by Crippen LogP contribution is 2.32. The van der Waals surface area contributed by atoms with Crippen molar-refractivity contribution in [2.45, 2.75) is 31.5 Å². The van der Waals surface area contributed by atoms with Gasteiger partial charge in [-0.25, -0.2) is 4.98 Å². The van der Waals surface area contributed by atoms with Gasteiger partial charge in [-0.2, -0.15) is 0 Å². The van der Waals surface area contributed by atoms with Gasteiger partial charge in [-0.1, -0.05) is 24.3 Å². The number of imidazole rings is 1. The van der Waals surface area contributed by atoms with E-state index in [4.69, 9.17) is 0 Å². The molecule has 4 nitrogen and oxygen atoms in total. The van der Waals surface area contributed by atoms with Crippen molar-refractivity contribution in [2.24, 2.45) is 7.05 Å². The molecule has 0 fully saturated rings. The molecule has 1 aromatic heterocycles. The smallest absolute Gasteiger partial charge is 0.122 e. The van der Waals surface area contributed by atoms with E-state index in [0.717, 1.165) is 18.8 Å². The van der Waals surface area contributed by atoms with Gasteiger partial charge in [0, 0.05) is 31.5 Å². The van der Waals surface area contributed by atoms with Crippen molar-refractivity contribution in [1.82, 2.24) is 19.8 Å². The Hall–Kier alpha value is -1.65. The quantitative estimate of drug-likeness (QED) is 0.933. The zero-order valence-electron chi connectivity index (χ0n) is 13.1. The van der Waals surface area contributed by atoms with Crippen LogP contribution in [0.4, 0.5) is 0 Å². The molecule has 0 saturated carbocycles. The minimum absolute atomic E-state index is 0.389. The third kappa shape index (κ3) is 2.74. The van der Waals surface area contributed by atoms with Crippen LogP contribution in [0.2, 0.25) is 0 Å². The molecule has 0 bridgehead atoms. The van der Waals surface area contributed by atoms with Crippen LogP contribution in [-0.2, 0) is 20.0 Å². The summed E-state index contributed by atoms with van der Waals surface area (Å²) in [6.07, 6.45) is 6.22. The molecule has 3 rings (SSSR count). The van der Waals surface area contributed by atoms with E-state index in [1.165, 1.54) is 17.5 Å². The van der Waals surface area contributed by atoms with Crippen LogP contribution in [-0.4, -0.2) is 34.6 Å². The second-order valence-electron chi connectivity index (χ2n) is 5.94. The summed E-state index contributed by atoms with van der Waals surface area (Å²) in [6.45, 7) is 0.883. The molecule has 1 N–H and O–H groups in total. The summed E-state index contributed by atoms with van der Waals surface area (Å²) in [5, 5.41) is 3.52. The summed E-state index contributed by atoms with van der Waals surface area (Å²) in [7, 11) is 6.33. The van der Waals surface area contributed by atoms with Crippen molar-refractivity contribution >= 4 is 0 Å². The SMILES string of the molecule is CNC1c2ccccc2CCC1N(C)Cc1nccn1C. The predicted molar refractivity (Wildman–Crippen MR) is 85.0 cm³/mol. The Kier molecular flexibility index (Phi) is 4.08. The second kappa shape index (κ2) is 6.00. The average molecular weight is 284 g/mol. The van der Waals surface area contributed by atoms with E-state index in [9.17, 15) is 0 Å². The maximum atomic E-state index is 4.45. The molecule has 0 saturated heterocycles. The molecule has 2 atom stereocenters. The summed E-state index contributed by atoms with van der Waals surface area (Å²) in [6, 6.07) is 9.70. The maximum absolute atomic E-state index is 4.45. The minimum Gasteiger partial charge on any atom is -0.337 e. The van der Waals surface area contributed by atoms with Crippen LogP contribution in [0.15, 0.2) is 36.7 Å². The standard InChI is InChI=1S/C17H24N4/c1-18-17-14-7-5-4-6-13(14)8-9-15(17)21(3)12-16-19-10-11-20(16)2/h4-7,10-11,15,17-18H,8-9,12H2,1-3H3. The Bertz CT molecular complexity index is 604. The fraction of sp³-hybridized carbons (Fsp3) is 0.471. The van der Waals surface area contributed by atoms with Crippen molar-refractivity contribution in [3.05, 3.63) is 53.6 Å². The molecule has 0 spiro atoms. The van der Waals surface area contributed by atoms with Crippen molar-refractivity contribution in [3.63, 3.8) is 0 Å². The van der Waals surface area contributed by atoms with Gasteiger partial charge in [-0.15, -0.1) is 0 Å². The Morgan fingerprint density at radius 2 is 2.19 bits per heavy atom.